The molecule has 0 spiro atoms. The predicted molar refractivity (Wildman–Crippen MR) is 77.0 cm³/mol. The first-order valence-corrected chi connectivity index (χ1v) is 7.48. The van der Waals surface area contributed by atoms with Gasteiger partial charge in [0.15, 0.2) is 0 Å². The van der Waals surface area contributed by atoms with Crippen molar-refractivity contribution in [3.8, 4) is 5.75 Å². The number of fused-ring (bicyclic) bond motifs is 1. The molecule has 5 nitrogen and oxygen atoms in total. The second-order valence-electron chi connectivity index (χ2n) is 4.41. The molecule has 3 rings (SSSR count). The van der Waals surface area contributed by atoms with Crippen LogP contribution in [-0.4, -0.2) is 15.4 Å². The summed E-state index contributed by atoms with van der Waals surface area (Å²) in [6.45, 7) is 0.748. The van der Waals surface area contributed by atoms with E-state index in [1.165, 1.54) is 17.3 Å². The summed E-state index contributed by atoms with van der Waals surface area (Å²) in [6, 6.07) is 4.14. The van der Waals surface area contributed by atoms with Crippen molar-refractivity contribution in [3.05, 3.63) is 39.6 Å². The molecule has 0 saturated heterocycles. The lowest BCUT2D eigenvalue weighted by molar-refractivity contribution is 0.351. The summed E-state index contributed by atoms with van der Waals surface area (Å²) in [7, 11) is 0. The van der Waals surface area contributed by atoms with Crippen LogP contribution in [-0.2, 0) is 12.8 Å². The number of halogens is 1. The Balaban J connectivity index is 1.90. The third kappa shape index (κ3) is 2.64. The van der Waals surface area contributed by atoms with Crippen molar-refractivity contribution in [1.82, 2.24) is 14.2 Å². The van der Waals surface area contributed by atoms with E-state index in [1.807, 2.05) is 0 Å². The fraction of sp³-hybridized carbons (Fsp3) is 0.333. The highest BCUT2D eigenvalue weighted by Crippen LogP contribution is 2.35. The van der Waals surface area contributed by atoms with Gasteiger partial charge in [-0.3, -0.25) is 11.3 Å². The zero-order valence-electron chi connectivity index (χ0n) is 10.1. The normalized spacial score (nSPS) is 15.1. The number of hydrazine groups is 1. The van der Waals surface area contributed by atoms with Gasteiger partial charge in [0.1, 0.15) is 5.75 Å². The van der Waals surface area contributed by atoms with Gasteiger partial charge >= 0.3 is 0 Å². The molecule has 0 aliphatic carbocycles. The standard InChI is InChI=1S/C12H13BrN4OS/c13-9-3-7-1-2-18-12(7)8(4-9)5-10(16-14)11-6-15-19-17-11/h3-4,6,10,16H,1-2,5,14H2. The first-order chi connectivity index (χ1) is 9.28. The van der Waals surface area contributed by atoms with Crippen LogP contribution in [0.3, 0.4) is 0 Å². The van der Waals surface area contributed by atoms with E-state index in [0.717, 1.165) is 40.9 Å². The molecule has 100 valence electrons. The van der Waals surface area contributed by atoms with Gasteiger partial charge in [-0.15, -0.1) is 0 Å². The molecule has 0 radical (unpaired) electrons. The Morgan fingerprint density at radius 1 is 1.53 bits per heavy atom. The van der Waals surface area contributed by atoms with E-state index in [4.69, 9.17) is 10.6 Å². The number of ether oxygens (including phenoxy) is 1. The van der Waals surface area contributed by atoms with E-state index >= 15 is 0 Å². The largest absolute Gasteiger partial charge is 0.493 e. The van der Waals surface area contributed by atoms with Crippen molar-refractivity contribution in [3.63, 3.8) is 0 Å². The molecule has 1 atom stereocenters. The molecule has 3 N–H and O–H groups in total. The highest BCUT2D eigenvalue weighted by atomic mass is 79.9. The van der Waals surface area contributed by atoms with E-state index in [-0.39, 0.29) is 6.04 Å². The summed E-state index contributed by atoms with van der Waals surface area (Å²) in [6.07, 6.45) is 3.43. The van der Waals surface area contributed by atoms with Gasteiger partial charge in [-0.05, 0) is 29.7 Å². The Kier molecular flexibility index (Phi) is 3.79. The highest BCUT2D eigenvalue weighted by Gasteiger charge is 2.21. The van der Waals surface area contributed by atoms with Crippen LogP contribution >= 0.6 is 27.7 Å². The van der Waals surface area contributed by atoms with Crippen LogP contribution in [0, 0.1) is 0 Å². The molecule has 1 aliphatic heterocycles. The van der Waals surface area contributed by atoms with Crippen LogP contribution in [0.1, 0.15) is 22.9 Å². The predicted octanol–water partition coefficient (Wildman–Crippen LogP) is 1.98. The van der Waals surface area contributed by atoms with Crippen molar-refractivity contribution in [2.45, 2.75) is 18.9 Å². The second-order valence-corrected chi connectivity index (χ2v) is 5.88. The summed E-state index contributed by atoms with van der Waals surface area (Å²) in [5.74, 6) is 6.62. The molecule has 19 heavy (non-hydrogen) atoms. The van der Waals surface area contributed by atoms with Crippen LogP contribution in [0.15, 0.2) is 22.8 Å². The maximum Gasteiger partial charge on any atom is 0.125 e. The van der Waals surface area contributed by atoms with Crippen LogP contribution in [0.5, 0.6) is 5.75 Å². The minimum Gasteiger partial charge on any atom is -0.493 e. The number of nitrogens with one attached hydrogen (secondary N) is 1. The molecular weight excluding hydrogens is 328 g/mol. The van der Waals surface area contributed by atoms with Gasteiger partial charge < -0.3 is 4.74 Å². The van der Waals surface area contributed by atoms with Gasteiger partial charge in [0.25, 0.3) is 0 Å². The molecular formula is C12H13BrN4OS. The third-order valence-electron chi connectivity index (χ3n) is 3.19. The SMILES string of the molecule is NNC(Cc1cc(Br)cc2c1OCC2)c1cnsn1. The van der Waals surface area contributed by atoms with Crippen LogP contribution in [0.2, 0.25) is 0 Å². The minimum absolute atomic E-state index is 0.0543. The lowest BCUT2D eigenvalue weighted by atomic mass is 10.0. The second kappa shape index (κ2) is 5.54. The average Bonchev–Trinajstić information content (AvgIpc) is 3.05. The van der Waals surface area contributed by atoms with E-state index in [9.17, 15) is 0 Å². The molecule has 1 aliphatic rings. The van der Waals surface area contributed by atoms with Gasteiger partial charge in [-0.1, -0.05) is 15.9 Å². The van der Waals surface area contributed by atoms with Gasteiger partial charge in [-0.2, -0.15) is 8.75 Å². The van der Waals surface area contributed by atoms with E-state index in [0.29, 0.717) is 0 Å². The highest BCUT2D eigenvalue weighted by molar-refractivity contribution is 9.10. The molecule has 0 amide bonds. The van der Waals surface area contributed by atoms with Crippen LogP contribution < -0.4 is 16.0 Å². The fourth-order valence-electron chi connectivity index (χ4n) is 2.29. The molecule has 0 bridgehead atoms. The van der Waals surface area contributed by atoms with Gasteiger partial charge in [0.2, 0.25) is 0 Å². The molecule has 1 unspecified atom stereocenters. The Bertz CT molecular complexity index is 575. The van der Waals surface area contributed by atoms with Gasteiger partial charge in [-0.25, -0.2) is 0 Å². The van der Waals surface area contributed by atoms with E-state index in [2.05, 4.69) is 42.2 Å². The summed E-state index contributed by atoms with van der Waals surface area (Å²) < 4.78 is 15.0. The lowest BCUT2D eigenvalue weighted by Crippen LogP contribution is -2.29. The summed E-state index contributed by atoms with van der Waals surface area (Å²) in [4.78, 5) is 0. The molecule has 0 fully saturated rings. The number of nitrogens with two attached hydrogens (primary N) is 1. The average molecular weight is 341 g/mol. The summed E-state index contributed by atoms with van der Waals surface area (Å²) in [5.41, 5.74) is 6.04. The third-order valence-corrected chi connectivity index (χ3v) is 4.14. The number of hydrogen-bond acceptors (Lipinski definition) is 6. The molecule has 1 aromatic heterocycles. The van der Waals surface area contributed by atoms with Crippen LogP contribution in [0.25, 0.3) is 0 Å². The number of nitrogens with zero attached hydrogens (tertiary/aromatic N) is 2. The number of rotatable bonds is 4. The first-order valence-electron chi connectivity index (χ1n) is 5.95. The number of hydrogen-bond donors (Lipinski definition) is 2. The zero-order chi connectivity index (χ0) is 13.2. The number of benzene rings is 1. The van der Waals surface area contributed by atoms with Gasteiger partial charge in [0.05, 0.1) is 36.3 Å². The van der Waals surface area contributed by atoms with Crippen LogP contribution in [0.4, 0.5) is 0 Å². The van der Waals surface area contributed by atoms with E-state index in [1.54, 1.807) is 6.20 Å². The summed E-state index contributed by atoms with van der Waals surface area (Å²) in [5, 5.41) is 0. The first kappa shape index (κ1) is 13.0. The van der Waals surface area contributed by atoms with E-state index < -0.39 is 0 Å². The molecule has 2 heterocycles. The maximum absolute atomic E-state index is 5.72. The van der Waals surface area contributed by atoms with Crippen molar-refractivity contribution in [1.29, 1.82) is 0 Å². The molecule has 7 heteroatoms. The van der Waals surface area contributed by atoms with Crippen molar-refractivity contribution in [2.75, 3.05) is 6.61 Å². The molecule has 0 saturated carbocycles. The quantitative estimate of drug-likeness (QED) is 0.657. The maximum atomic E-state index is 5.72. The van der Waals surface area contributed by atoms with Crippen molar-refractivity contribution in [2.24, 2.45) is 5.84 Å². The molecule has 2 aromatic rings. The monoisotopic (exact) mass is 340 g/mol. The Morgan fingerprint density at radius 3 is 3.16 bits per heavy atom. The summed E-state index contributed by atoms with van der Waals surface area (Å²) >= 11 is 4.73. The Morgan fingerprint density at radius 2 is 2.42 bits per heavy atom. The van der Waals surface area contributed by atoms with Crippen molar-refractivity contribution < 1.29 is 4.74 Å². The van der Waals surface area contributed by atoms with Crippen molar-refractivity contribution >= 4 is 27.7 Å². The zero-order valence-corrected chi connectivity index (χ0v) is 12.5. The van der Waals surface area contributed by atoms with Gasteiger partial charge in [0, 0.05) is 10.9 Å². The Labute approximate surface area is 123 Å². The molecule has 1 aromatic carbocycles. The Hall–Kier alpha value is -1.02. The number of aromatic nitrogens is 2. The smallest absolute Gasteiger partial charge is 0.125 e. The minimum atomic E-state index is -0.0543. The lowest BCUT2D eigenvalue weighted by Gasteiger charge is -2.15. The topological polar surface area (TPSA) is 73.1 Å². The fourth-order valence-corrected chi connectivity index (χ4v) is 3.32.